The van der Waals surface area contributed by atoms with Crippen molar-refractivity contribution in [3.05, 3.63) is 59.9 Å². The van der Waals surface area contributed by atoms with Gasteiger partial charge in [0, 0.05) is 18.7 Å². The average Bonchev–Trinajstić information content (AvgIpc) is 2.39. The lowest BCUT2D eigenvalue weighted by Crippen LogP contribution is -2.31. The number of carbonyl (C=O) groups is 1. The van der Waals surface area contributed by atoms with Gasteiger partial charge < -0.3 is 14.9 Å². The molecule has 2 unspecified atom stereocenters. The van der Waals surface area contributed by atoms with E-state index >= 15 is 0 Å². The summed E-state index contributed by atoms with van der Waals surface area (Å²) in [6.45, 7) is 0. The molecule has 1 aliphatic carbocycles. The van der Waals surface area contributed by atoms with Crippen LogP contribution in [0.5, 0.6) is 0 Å². The van der Waals surface area contributed by atoms with Crippen LogP contribution in [0, 0.1) is 5.92 Å². The van der Waals surface area contributed by atoms with Crippen molar-refractivity contribution in [1.29, 1.82) is 0 Å². The highest BCUT2D eigenvalue weighted by Gasteiger charge is 2.31. The third-order valence-corrected chi connectivity index (χ3v) is 2.87. The molecule has 0 aromatic heterocycles. The topological polar surface area (TPSA) is 66.8 Å². The number of rotatable bonds is 3. The van der Waals surface area contributed by atoms with Gasteiger partial charge in [0.1, 0.15) is 5.76 Å². The highest BCUT2D eigenvalue weighted by atomic mass is 16.6. The van der Waals surface area contributed by atoms with Gasteiger partial charge in [-0.05, 0) is 6.08 Å². The molecule has 0 amide bonds. The largest absolute Gasteiger partial charge is 0.511 e. The summed E-state index contributed by atoms with van der Waals surface area (Å²) in [5.74, 6) is -2.85. The second-order valence-electron chi connectivity index (χ2n) is 4.09. The fraction of sp³-hybridized carbons (Fsp3) is 0.214. The molecule has 0 spiro atoms. The normalized spacial score (nSPS) is 26.8. The van der Waals surface area contributed by atoms with Gasteiger partial charge in [0.05, 0.1) is 5.92 Å². The van der Waals surface area contributed by atoms with Crippen LogP contribution in [0.4, 0.5) is 0 Å². The molecule has 0 saturated carbocycles. The Hall–Kier alpha value is -1.91. The molecule has 2 N–H and O–H groups in total. The molecular formula is C14H14O4. The highest BCUT2D eigenvalue weighted by Crippen LogP contribution is 2.26. The van der Waals surface area contributed by atoms with E-state index in [2.05, 4.69) is 0 Å². The second-order valence-corrected chi connectivity index (χ2v) is 4.09. The fourth-order valence-corrected chi connectivity index (χ4v) is 1.81. The minimum Gasteiger partial charge on any atom is -0.511 e. The van der Waals surface area contributed by atoms with E-state index in [1.807, 2.05) is 6.07 Å². The molecule has 0 radical (unpaired) electrons. The molecule has 0 heterocycles. The Bertz CT molecular complexity index is 504. The number of methoxy groups -OCH3 is 1. The molecule has 0 saturated heterocycles. The Morgan fingerprint density at radius 1 is 1.33 bits per heavy atom. The van der Waals surface area contributed by atoms with Crippen LogP contribution in [-0.2, 0) is 4.74 Å². The highest BCUT2D eigenvalue weighted by molar-refractivity contribution is 6.00. The van der Waals surface area contributed by atoms with Crippen LogP contribution in [0.2, 0.25) is 0 Å². The van der Waals surface area contributed by atoms with Crippen molar-refractivity contribution in [3.63, 3.8) is 0 Å². The number of aliphatic hydroxyl groups excluding tert-OH is 1. The van der Waals surface area contributed by atoms with E-state index in [9.17, 15) is 15.0 Å². The van der Waals surface area contributed by atoms with E-state index in [0.29, 0.717) is 5.56 Å². The van der Waals surface area contributed by atoms with Crippen molar-refractivity contribution in [1.82, 2.24) is 0 Å². The van der Waals surface area contributed by atoms with E-state index < -0.39 is 11.7 Å². The maximum atomic E-state index is 12.1. The molecule has 2 rings (SSSR count). The maximum Gasteiger partial charge on any atom is 0.208 e. The number of benzene rings is 1. The maximum absolute atomic E-state index is 12.1. The standard InChI is InChI=1S/C14H14O4/c1-18-14(17)8-7-11(12(15)9-14)13(16)10-5-3-2-4-6-10/h2-9,11,15,17H,1H3. The Balaban J connectivity index is 2.25. The van der Waals surface area contributed by atoms with Crippen LogP contribution in [-0.4, -0.2) is 28.9 Å². The van der Waals surface area contributed by atoms with Crippen molar-refractivity contribution in [2.45, 2.75) is 5.79 Å². The summed E-state index contributed by atoms with van der Waals surface area (Å²) in [6.07, 6.45) is 3.91. The first-order valence-corrected chi connectivity index (χ1v) is 5.53. The van der Waals surface area contributed by atoms with Crippen LogP contribution < -0.4 is 0 Å². The monoisotopic (exact) mass is 246 g/mol. The first-order chi connectivity index (χ1) is 8.56. The van der Waals surface area contributed by atoms with Gasteiger partial charge >= 0.3 is 0 Å². The lowest BCUT2D eigenvalue weighted by atomic mass is 9.90. The van der Waals surface area contributed by atoms with Crippen LogP contribution >= 0.6 is 0 Å². The zero-order chi connectivity index (χ0) is 13.2. The molecule has 1 aromatic rings. The summed E-state index contributed by atoms with van der Waals surface area (Å²) in [5, 5.41) is 19.6. The smallest absolute Gasteiger partial charge is 0.208 e. The number of carbonyl (C=O) groups excluding carboxylic acids is 1. The number of ether oxygens (including phenoxy) is 1. The molecule has 0 aliphatic heterocycles. The molecule has 94 valence electrons. The van der Waals surface area contributed by atoms with Crippen LogP contribution in [0.3, 0.4) is 0 Å². The first-order valence-electron chi connectivity index (χ1n) is 5.53. The summed E-state index contributed by atoms with van der Waals surface area (Å²) in [5.41, 5.74) is 0.509. The minimum atomic E-state index is -1.64. The number of allylic oxidation sites excluding steroid dienone is 1. The summed E-state index contributed by atoms with van der Waals surface area (Å²) >= 11 is 0. The molecule has 18 heavy (non-hydrogen) atoms. The van der Waals surface area contributed by atoms with E-state index in [1.165, 1.54) is 19.3 Å². The minimum absolute atomic E-state index is 0.212. The van der Waals surface area contributed by atoms with Gasteiger partial charge in [-0.15, -0.1) is 0 Å². The number of hydrogen-bond donors (Lipinski definition) is 2. The van der Waals surface area contributed by atoms with Crippen molar-refractivity contribution >= 4 is 5.78 Å². The van der Waals surface area contributed by atoms with Gasteiger partial charge in [-0.1, -0.05) is 36.4 Å². The third kappa shape index (κ3) is 2.34. The van der Waals surface area contributed by atoms with Crippen molar-refractivity contribution in [3.8, 4) is 0 Å². The summed E-state index contributed by atoms with van der Waals surface area (Å²) in [4.78, 5) is 12.1. The number of Topliss-reactive ketones (excluding diaryl/α,β-unsaturated/α-hetero) is 1. The molecule has 4 nitrogen and oxygen atoms in total. The summed E-state index contributed by atoms with van der Waals surface area (Å²) in [6, 6.07) is 8.69. The van der Waals surface area contributed by atoms with Crippen molar-refractivity contribution < 1.29 is 19.7 Å². The summed E-state index contributed by atoms with van der Waals surface area (Å²) < 4.78 is 4.80. The quantitative estimate of drug-likeness (QED) is 0.485. The van der Waals surface area contributed by atoms with Gasteiger partial charge in [-0.25, -0.2) is 0 Å². The lowest BCUT2D eigenvalue weighted by Gasteiger charge is -2.25. The van der Waals surface area contributed by atoms with Crippen LogP contribution in [0.1, 0.15) is 10.4 Å². The first kappa shape index (κ1) is 12.5. The van der Waals surface area contributed by atoms with Gasteiger partial charge in [0.2, 0.25) is 5.79 Å². The molecule has 0 bridgehead atoms. The SMILES string of the molecule is COC1(O)C=CC(C(=O)c2ccccc2)C(O)=C1. The van der Waals surface area contributed by atoms with Gasteiger partial charge in [0.15, 0.2) is 5.78 Å². The predicted molar refractivity (Wildman–Crippen MR) is 66.1 cm³/mol. The van der Waals surface area contributed by atoms with Crippen molar-refractivity contribution in [2.24, 2.45) is 5.92 Å². The van der Waals surface area contributed by atoms with Gasteiger partial charge in [-0.2, -0.15) is 0 Å². The molecule has 4 heteroatoms. The zero-order valence-electron chi connectivity index (χ0n) is 9.91. The fourth-order valence-electron chi connectivity index (χ4n) is 1.81. The van der Waals surface area contributed by atoms with E-state index in [-0.39, 0.29) is 11.5 Å². The molecule has 1 aliphatic rings. The Morgan fingerprint density at radius 3 is 2.56 bits per heavy atom. The van der Waals surface area contributed by atoms with E-state index in [1.54, 1.807) is 24.3 Å². The Labute approximate surface area is 105 Å². The summed E-state index contributed by atoms with van der Waals surface area (Å²) in [7, 11) is 1.31. The molecule has 1 aromatic carbocycles. The van der Waals surface area contributed by atoms with E-state index in [4.69, 9.17) is 4.74 Å². The van der Waals surface area contributed by atoms with Crippen LogP contribution in [0.25, 0.3) is 0 Å². The average molecular weight is 246 g/mol. The second kappa shape index (κ2) is 4.76. The molecular weight excluding hydrogens is 232 g/mol. The third-order valence-electron chi connectivity index (χ3n) is 2.87. The molecule has 2 atom stereocenters. The Morgan fingerprint density at radius 2 is 2.00 bits per heavy atom. The zero-order valence-corrected chi connectivity index (χ0v) is 9.91. The Kier molecular flexibility index (Phi) is 3.32. The van der Waals surface area contributed by atoms with E-state index in [0.717, 1.165) is 6.08 Å². The molecule has 0 fully saturated rings. The number of ketones is 1. The lowest BCUT2D eigenvalue weighted by molar-refractivity contribution is -0.110. The number of hydrogen-bond acceptors (Lipinski definition) is 4. The van der Waals surface area contributed by atoms with Crippen molar-refractivity contribution in [2.75, 3.05) is 7.11 Å². The van der Waals surface area contributed by atoms with Crippen LogP contribution in [0.15, 0.2) is 54.3 Å². The van der Waals surface area contributed by atoms with Gasteiger partial charge in [-0.3, -0.25) is 4.79 Å². The number of aliphatic hydroxyl groups is 2. The van der Waals surface area contributed by atoms with Gasteiger partial charge in [0.25, 0.3) is 0 Å². The predicted octanol–water partition coefficient (Wildman–Crippen LogP) is 1.83.